The Kier molecular flexibility index (Phi) is 8.07. The molecule has 1 saturated carbocycles. The van der Waals surface area contributed by atoms with Crippen molar-refractivity contribution in [1.29, 1.82) is 0 Å². The molecule has 1 aliphatic heterocycles. The van der Waals surface area contributed by atoms with Gasteiger partial charge in [-0.3, -0.25) is 9.36 Å². The third kappa shape index (κ3) is 6.27. The van der Waals surface area contributed by atoms with E-state index in [2.05, 4.69) is 41.3 Å². The van der Waals surface area contributed by atoms with E-state index in [9.17, 15) is 13.6 Å². The van der Waals surface area contributed by atoms with Crippen molar-refractivity contribution >= 4 is 22.5 Å². The molecule has 2 atom stereocenters. The van der Waals surface area contributed by atoms with E-state index in [0.717, 1.165) is 69.2 Å². The summed E-state index contributed by atoms with van der Waals surface area (Å²) in [6.45, 7) is 10.3. The molecule has 2 aliphatic rings. The number of aromatic nitrogens is 2. The molecule has 2 heterocycles. The van der Waals surface area contributed by atoms with E-state index >= 15 is 0 Å². The first-order chi connectivity index (χ1) is 19.1. The van der Waals surface area contributed by atoms with Gasteiger partial charge in [0.15, 0.2) is 17.5 Å². The van der Waals surface area contributed by atoms with Gasteiger partial charge in [0.25, 0.3) is 5.56 Å². The molecule has 2 aromatic carbocycles. The molecule has 1 aliphatic carbocycles. The van der Waals surface area contributed by atoms with Crippen LogP contribution in [0.1, 0.15) is 45.9 Å². The van der Waals surface area contributed by atoms with Crippen LogP contribution < -0.4 is 20.9 Å². The van der Waals surface area contributed by atoms with Crippen LogP contribution in [-0.4, -0.2) is 52.6 Å². The van der Waals surface area contributed by atoms with Gasteiger partial charge in [0.2, 0.25) is 0 Å². The smallest absolute Gasteiger partial charge is 0.261 e. The molecule has 2 unspecified atom stereocenters. The molecule has 1 saturated heterocycles. The normalized spacial score (nSPS) is 21.4. The third-order valence-electron chi connectivity index (χ3n) is 8.03. The predicted molar refractivity (Wildman–Crippen MR) is 154 cm³/mol. The summed E-state index contributed by atoms with van der Waals surface area (Å²) in [4.78, 5) is 25.3. The van der Waals surface area contributed by atoms with E-state index in [1.165, 1.54) is 10.6 Å². The minimum atomic E-state index is -0.812. The lowest BCUT2D eigenvalue weighted by Gasteiger charge is -2.39. The highest BCUT2D eigenvalue weighted by molar-refractivity contribution is 5.96. The van der Waals surface area contributed by atoms with Gasteiger partial charge < -0.3 is 20.3 Å². The molecule has 1 aromatic heterocycles. The second-order valence-electron chi connectivity index (χ2n) is 11.8. The van der Waals surface area contributed by atoms with Gasteiger partial charge in [-0.05, 0) is 60.9 Å². The predicted octanol–water partition coefficient (Wildman–Crippen LogP) is 4.68. The highest BCUT2D eigenvalue weighted by atomic mass is 19.1. The molecule has 0 radical (unpaired) electrons. The average Bonchev–Trinajstić information content (AvgIpc) is 2.92. The Morgan fingerprint density at radius 2 is 1.98 bits per heavy atom. The fourth-order valence-corrected chi connectivity index (χ4v) is 5.74. The zero-order valence-electron chi connectivity index (χ0n) is 23.6. The topological polar surface area (TPSA) is 83.8 Å². The molecule has 214 valence electrons. The number of nitrogens with one attached hydrogen (secondary N) is 2. The van der Waals surface area contributed by atoms with Gasteiger partial charge in [0.05, 0.1) is 16.9 Å². The lowest BCUT2D eigenvalue weighted by molar-refractivity contribution is 0.169. The molecule has 8 nitrogen and oxygen atoms in total. The fraction of sp³-hybridized carbons (Fsp3) is 0.500. The Morgan fingerprint density at radius 1 is 1.20 bits per heavy atom. The molecule has 0 bridgehead atoms. The summed E-state index contributed by atoms with van der Waals surface area (Å²) in [5.41, 5.74) is 1.39. The Morgan fingerprint density at radius 3 is 2.70 bits per heavy atom. The number of aliphatic imine (C=N–C) groups is 1. The number of halogens is 2. The minimum absolute atomic E-state index is 0.108. The van der Waals surface area contributed by atoms with Crippen LogP contribution in [0.2, 0.25) is 0 Å². The minimum Gasteiger partial charge on any atom is -0.483 e. The summed E-state index contributed by atoms with van der Waals surface area (Å²) in [6.07, 6.45) is 3.35. The maximum Gasteiger partial charge on any atom is 0.261 e. The van der Waals surface area contributed by atoms with Crippen molar-refractivity contribution in [2.75, 3.05) is 31.5 Å². The van der Waals surface area contributed by atoms with E-state index in [1.54, 1.807) is 13.1 Å². The number of benzene rings is 2. The highest BCUT2D eigenvalue weighted by Crippen LogP contribution is 2.40. The maximum atomic E-state index is 14.1. The lowest BCUT2D eigenvalue weighted by atomic mass is 9.71. The first kappa shape index (κ1) is 28.0. The van der Waals surface area contributed by atoms with E-state index in [1.807, 2.05) is 12.1 Å². The number of anilines is 1. The highest BCUT2D eigenvalue weighted by Gasteiger charge is 2.33. The zero-order chi connectivity index (χ0) is 28.4. The van der Waals surface area contributed by atoms with Crippen LogP contribution in [0.5, 0.6) is 5.75 Å². The Hall–Kier alpha value is -3.53. The molecule has 2 fully saturated rings. The standard InChI is InChI=1S/C30H38F2N6O2/c1-19-17-30(2,3)10-9-24(19)36-29(38-13-11-33-12-14-38)34-21-6-7-22-25(16-21)35-27(37(4)28(22)39)18-40-26-8-5-20(31)15-23(26)32/h5-8,15-16,19,24,33H,9-14,17-18H2,1-4H3,(H,34,36). The summed E-state index contributed by atoms with van der Waals surface area (Å²) in [6, 6.07) is 8.81. The van der Waals surface area contributed by atoms with Crippen LogP contribution >= 0.6 is 0 Å². The van der Waals surface area contributed by atoms with Crippen molar-refractivity contribution in [3.8, 4) is 5.75 Å². The molecular formula is C30H38F2N6O2. The number of guanidine groups is 1. The van der Waals surface area contributed by atoms with Crippen LogP contribution in [0, 0.1) is 23.0 Å². The van der Waals surface area contributed by atoms with Gasteiger partial charge in [-0.15, -0.1) is 0 Å². The monoisotopic (exact) mass is 552 g/mol. The Bertz CT molecular complexity index is 1460. The summed E-state index contributed by atoms with van der Waals surface area (Å²) in [5, 5.41) is 7.41. The first-order valence-corrected chi connectivity index (χ1v) is 14.0. The number of nitrogens with zero attached hydrogens (tertiary/aromatic N) is 4. The van der Waals surface area contributed by atoms with Crippen molar-refractivity contribution in [2.45, 2.75) is 52.7 Å². The summed E-state index contributed by atoms with van der Waals surface area (Å²) in [7, 11) is 1.60. The Labute approximate surface area is 233 Å². The number of hydrogen-bond acceptors (Lipinski definition) is 5. The van der Waals surface area contributed by atoms with Gasteiger partial charge in [-0.25, -0.2) is 18.8 Å². The summed E-state index contributed by atoms with van der Waals surface area (Å²) < 4.78 is 34.2. The van der Waals surface area contributed by atoms with E-state index in [0.29, 0.717) is 28.1 Å². The van der Waals surface area contributed by atoms with Gasteiger partial charge in [-0.1, -0.05) is 20.8 Å². The molecule has 3 aromatic rings. The zero-order valence-corrected chi connectivity index (χ0v) is 23.6. The van der Waals surface area contributed by atoms with Crippen molar-refractivity contribution in [2.24, 2.45) is 23.4 Å². The van der Waals surface area contributed by atoms with Crippen molar-refractivity contribution in [1.82, 2.24) is 19.8 Å². The number of ether oxygens (including phenoxy) is 1. The second kappa shape index (κ2) is 11.5. The summed E-state index contributed by atoms with van der Waals surface area (Å²) >= 11 is 0. The van der Waals surface area contributed by atoms with Gasteiger partial charge in [0.1, 0.15) is 18.2 Å². The molecular weight excluding hydrogens is 514 g/mol. The van der Waals surface area contributed by atoms with Crippen LogP contribution in [0.25, 0.3) is 10.9 Å². The van der Waals surface area contributed by atoms with Crippen molar-refractivity contribution in [3.63, 3.8) is 0 Å². The largest absolute Gasteiger partial charge is 0.483 e. The van der Waals surface area contributed by atoms with Gasteiger partial charge in [-0.2, -0.15) is 0 Å². The van der Waals surface area contributed by atoms with Crippen LogP contribution in [-0.2, 0) is 13.7 Å². The van der Waals surface area contributed by atoms with E-state index in [4.69, 9.17) is 9.73 Å². The third-order valence-corrected chi connectivity index (χ3v) is 8.03. The molecule has 5 rings (SSSR count). The van der Waals surface area contributed by atoms with Gasteiger partial charge in [0, 0.05) is 45.0 Å². The van der Waals surface area contributed by atoms with Crippen LogP contribution in [0.4, 0.5) is 14.5 Å². The van der Waals surface area contributed by atoms with E-state index in [-0.39, 0.29) is 24.0 Å². The number of piperazine rings is 1. The molecule has 10 heteroatoms. The lowest BCUT2D eigenvalue weighted by Crippen LogP contribution is -2.49. The van der Waals surface area contributed by atoms with E-state index < -0.39 is 11.6 Å². The van der Waals surface area contributed by atoms with Gasteiger partial charge >= 0.3 is 0 Å². The summed E-state index contributed by atoms with van der Waals surface area (Å²) in [5.74, 6) is 0.0469. The maximum absolute atomic E-state index is 14.1. The molecule has 2 N–H and O–H groups in total. The number of fused-ring (bicyclic) bond motifs is 1. The second-order valence-corrected chi connectivity index (χ2v) is 11.8. The van der Waals surface area contributed by atoms with Crippen LogP contribution in [0.15, 0.2) is 46.2 Å². The quantitative estimate of drug-likeness (QED) is 0.353. The molecule has 0 spiro atoms. The SMILES string of the molecule is CC1CC(C)(C)CCC1N=C(Nc1ccc2c(=O)n(C)c(COc3ccc(F)cc3F)nc2c1)N1CCNCC1. The molecule has 0 amide bonds. The Balaban J connectivity index is 1.42. The number of hydrogen-bond donors (Lipinski definition) is 2. The average molecular weight is 553 g/mol. The fourth-order valence-electron chi connectivity index (χ4n) is 5.74. The number of rotatable bonds is 5. The van der Waals surface area contributed by atoms with Crippen LogP contribution in [0.3, 0.4) is 0 Å². The van der Waals surface area contributed by atoms with Crippen molar-refractivity contribution in [3.05, 3.63) is 64.2 Å². The van der Waals surface area contributed by atoms with Crippen molar-refractivity contribution < 1.29 is 13.5 Å². The molecule has 40 heavy (non-hydrogen) atoms. The first-order valence-electron chi connectivity index (χ1n) is 14.0.